The Morgan fingerprint density at radius 3 is 3.00 bits per heavy atom. The SMILES string of the molecule is O=c1c2cc(-c3cccs3)nn2ccn1CC1CC1. The fourth-order valence-corrected chi connectivity index (χ4v) is 2.97. The van der Waals surface area contributed by atoms with Crippen molar-refractivity contribution in [2.75, 3.05) is 0 Å². The zero-order valence-electron chi connectivity index (χ0n) is 10.3. The van der Waals surface area contributed by atoms with Gasteiger partial charge in [0, 0.05) is 18.9 Å². The molecule has 0 unspecified atom stereocenters. The van der Waals surface area contributed by atoms with Crippen LogP contribution in [0.4, 0.5) is 0 Å². The lowest BCUT2D eigenvalue weighted by Gasteiger charge is -2.03. The predicted molar refractivity (Wildman–Crippen MR) is 75.5 cm³/mol. The highest BCUT2D eigenvalue weighted by atomic mass is 32.1. The summed E-state index contributed by atoms with van der Waals surface area (Å²) >= 11 is 1.64. The summed E-state index contributed by atoms with van der Waals surface area (Å²) < 4.78 is 3.49. The highest BCUT2D eigenvalue weighted by Crippen LogP contribution is 2.30. The monoisotopic (exact) mass is 271 g/mol. The van der Waals surface area contributed by atoms with Crippen molar-refractivity contribution in [1.82, 2.24) is 14.2 Å². The van der Waals surface area contributed by atoms with E-state index < -0.39 is 0 Å². The Morgan fingerprint density at radius 1 is 1.37 bits per heavy atom. The molecule has 0 aliphatic heterocycles. The third kappa shape index (κ3) is 1.90. The van der Waals surface area contributed by atoms with Crippen LogP contribution in [0.15, 0.2) is 40.8 Å². The van der Waals surface area contributed by atoms with Gasteiger partial charge in [-0.3, -0.25) is 4.79 Å². The second kappa shape index (κ2) is 4.06. The lowest BCUT2D eigenvalue weighted by molar-refractivity contribution is 0.603. The van der Waals surface area contributed by atoms with Crippen LogP contribution < -0.4 is 5.56 Å². The highest BCUT2D eigenvalue weighted by Gasteiger charge is 2.22. The van der Waals surface area contributed by atoms with E-state index >= 15 is 0 Å². The van der Waals surface area contributed by atoms with E-state index in [4.69, 9.17) is 0 Å². The van der Waals surface area contributed by atoms with Gasteiger partial charge in [-0.2, -0.15) is 5.10 Å². The molecule has 0 saturated heterocycles. The minimum absolute atomic E-state index is 0.0599. The number of hydrogen-bond donors (Lipinski definition) is 0. The van der Waals surface area contributed by atoms with E-state index in [9.17, 15) is 4.79 Å². The molecule has 0 bridgehead atoms. The number of nitrogens with zero attached hydrogens (tertiary/aromatic N) is 3. The van der Waals surface area contributed by atoms with Crippen molar-refractivity contribution in [2.24, 2.45) is 5.92 Å². The van der Waals surface area contributed by atoms with Gasteiger partial charge >= 0.3 is 0 Å². The molecule has 4 rings (SSSR count). The summed E-state index contributed by atoms with van der Waals surface area (Å²) in [5, 5.41) is 6.48. The van der Waals surface area contributed by atoms with Gasteiger partial charge in [-0.15, -0.1) is 11.3 Å². The molecule has 0 radical (unpaired) electrons. The molecule has 1 saturated carbocycles. The average Bonchev–Trinajstić information content (AvgIpc) is 2.94. The van der Waals surface area contributed by atoms with E-state index in [1.165, 1.54) is 12.8 Å². The molecule has 4 nitrogen and oxygen atoms in total. The summed E-state index contributed by atoms with van der Waals surface area (Å²) in [6.45, 7) is 0.842. The van der Waals surface area contributed by atoms with Gasteiger partial charge in [0.05, 0.1) is 4.88 Å². The molecule has 0 aromatic carbocycles. The summed E-state index contributed by atoms with van der Waals surface area (Å²) in [6, 6.07) is 5.90. The summed E-state index contributed by atoms with van der Waals surface area (Å²) in [5.41, 5.74) is 1.59. The maximum absolute atomic E-state index is 12.4. The normalized spacial score (nSPS) is 15.2. The molecule has 3 aromatic heterocycles. The first-order valence-electron chi connectivity index (χ1n) is 6.44. The summed E-state index contributed by atoms with van der Waals surface area (Å²) in [6.07, 6.45) is 6.21. The van der Waals surface area contributed by atoms with Gasteiger partial charge < -0.3 is 4.57 Å². The second-order valence-electron chi connectivity index (χ2n) is 5.04. The molecule has 1 aliphatic rings. The summed E-state index contributed by atoms with van der Waals surface area (Å²) in [5.74, 6) is 0.694. The molecule has 0 spiro atoms. The first kappa shape index (κ1) is 11.0. The van der Waals surface area contributed by atoms with Gasteiger partial charge in [0.25, 0.3) is 5.56 Å². The van der Waals surface area contributed by atoms with Crippen LogP contribution in [0.3, 0.4) is 0 Å². The van der Waals surface area contributed by atoms with Gasteiger partial charge in [-0.05, 0) is 36.3 Å². The Kier molecular flexibility index (Phi) is 2.35. The fraction of sp³-hybridized carbons (Fsp3) is 0.286. The van der Waals surface area contributed by atoms with Gasteiger partial charge in [0.2, 0.25) is 0 Å². The van der Waals surface area contributed by atoms with Crippen molar-refractivity contribution in [2.45, 2.75) is 19.4 Å². The van der Waals surface area contributed by atoms with Gasteiger partial charge in [0.1, 0.15) is 11.2 Å². The maximum Gasteiger partial charge on any atom is 0.276 e. The summed E-state index contributed by atoms with van der Waals surface area (Å²) in [4.78, 5) is 13.5. The largest absolute Gasteiger partial charge is 0.312 e. The molecule has 3 aromatic rings. The third-order valence-corrected chi connectivity index (χ3v) is 4.42. The maximum atomic E-state index is 12.4. The van der Waals surface area contributed by atoms with E-state index in [-0.39, 0.29) is 5.56 Å². The number of rotatable bonds is 3. The third-order valence-electron chi connectivity index (χ3n) is 3.53. The lowest BCUT2D eigenvalue weighted by Crippen LogP contribution is -2.22. The van der Waals surface area contributed by atoms with E-state index in [0.29, 0.717) is 11.4 Å². The van der Waals surface area contributed by atoms with Crippen LogP contribution in [0.2, 0.25) is 0 Å². The van der Waals surface area contributed by atoms with Crippen molar-refractivity contribution in [3.8, 4) is 10.6 Å². The molecule has 0 amide bonds. The van der Waals surface area contributed by atoms with Crippen LogP contribution in [0.1, 0.15) is 12.8 Å². The minimum atomic E-state index is 0.0599. The van der Waals surface area contributed by atoms with Crippen LogP contribution in [0.5, 0.6) is 0 Å². The number of hydrogen-bond acceptors (Lipinski definition) is 3. The van der Waals surface area contributed by atoms with Crippen LogP contribution >= 0.6 is 11.3 Å². The van der Waals surface area contributed by atoms with Gasteiger partial charge in [-0.1, -0.05) is 6.07 Å². The Labute approximate surface area is 113 Å². The molecular formula is C14H13N3OS. The van der Waals surface area contributed by atoms with Crippen molar-refractivity contribution < 1.29 is 0 Å². The fourth-order valence-electron chi connectivity index (χ4n) is 2.29. The van der Waals surface area contributed by atoms with E-state index in [0.717, 1.165) is 17.1 Å². The van der Waals surface area contributed by atoms with Gasteiger partial charge in [-0.25, -0.2) is 4.52 Å². The molecule has 0 atom stereocenters. The van der Waals surface area contributed by atoms with Crippen LogP contribution in [0.25, 0.3) is 16.1 Å². The zero-order valence-corrected chi connectivity index (χ0v) is 11.1. The first-order chi connectivity index (χ1) is 9.31. The number of thiophene rings is 1. The molecule has 5 heteroatoms. The van der Waals surface area contributed by atoms with E-state index in [2.05, 4.69) is 5.10 Å². The first-order valence-corrected chi connectivity index (χ1v) is 7.32. The molecule has 3 heterocycles. The van der Waals surface area contributed by atoms with E-state index in [1.54, 1.807) is 15.9 Å². The van der Waals surface area contributed by atoms with Crippen LogP contribution in [-0.4, -0.2) is 14.2 Å². The van der Waals surface area contributed by atoms with Crippen LogP contribution in [-0.2, 0) is 6.54 Å². The molecule has 1 fully saturated rings. The Bertz CT molecular complexity index is 781. The molecule has 0 N–H and O–H groups in total. The van der Waals surface area contributed by atoms with Crippen molar-refractivity contribution in [3.63, 3.8) is 0 Å². The van der Waals surface area contributed by atoms with Crippen LogP contribution in [0, 0.1) is 5.92 Å². The lowest BCUT2D eigenvalue weighted by atomic mass is 10.3. The van der Waals surface area contributed by atoms with Crippen molar-refractivity contribution in [1.29, 1.82) is 0 Å². The van der Waals surface area contributed by atoms with Crippen molar-refractivity contribution in [3.05, 3.63) is 46.3 Å². The molecule has 19 heavy (non-hydrogen) atoms. The molecular weight excluding hydrogens is 258 g/mol. The Hall–Kier alpha value is -1.88. The average molecular weight is 271 g/mol. The Morgan fingerprint density at radius 2 is 2.26 bits per heavy atom. The Balaban J connectivity index is 1.84. The van der Waals surface area contributed by atoms with E-state index in [1.807, 2.05) is 40.5 Å². The number of aromatic nitrogens is 3. The quantitative estimate of drug-likeness (QED) is 0.734. The van der Waals surface area contributed by atoms with Crippen molar-refractivity contribution >= 4 is 16.9 Å². The predicted octanol–water partition coefficient (Wildman–Crippen LogP) is 2.63. The highest BCUT2D eigenvalue weighted by molar-refractivity contribution is 7.13. The van der Waals surface area contributed by atoms with Gasteiger partial charge in [0.15, 0.2) is 0 Å². The molecule has 1 aliphatic carbocycles. The summed E-state index contributed by atoms with van der Waals surface area (Å²) in [7, 11) is 0. The second-order valence-corrected chi connectivity index (χ2v) is 5.98. The zero-order chi connectivity index (χ0) is 12.8. The minimum Gasteiger partial charge on any atom is -0.312 e. The topological polar surface area (TPSA) is 39.3 Å². The standard InChI is InChI=1S/C14H13N3OS/c18-14-12-8-11(13-2-1-7-19-13)15-17(12)6-5-16(14)9-10-3-4-10/h1-2,5-8,10H,3-4,9H2. The smallest absolute Gasteiger partial charge is 0.276 e. The molecule has 96 valence electrons. The number of fused-ring (bicyclic) bond motifs is 1.